The molecule has 0 amide bonds. The smallest absolute Gasteiger partial charge is 0.125 e. The molecule has 1 N–H and O–H groups in total. The Balaban J connectivity index is 1.63. The lowest BCUT2D eigenvalue weighted by Gasteiger charge is -2.53. The average Bonchev–Trinajstić information content (AvgIpc) is 3.23. The van der Waals surface area contributed by atoms with Gasteiger partial charge in [0, 0.05) is 5.41 Å². The quantitative estimate of drug-likeness (QED) is 0.378. The summed E-state index contributed by atoms with van der Waals surface area (Å²) in [6.45, 7) is 18.8. The van der Waals surface area contributed by atoms with E-state index in [9.17, 15) is 9.90 Å². The molecule has 4 aliphatic rings. The van der Waals surface area contributed by atoms with Gasteiger partial charge in [0.25, 0.3) is 0 Å². The first-order valence-electron chi connectivity index (χ1n) is 14.8. The molecule has 0 bridgehead atoms. The molecule has 0 aromatic rings. The van der Waals surface area contributed by atoms with Crippen LogP contribution in [0.5, 0.6) is 0 Å². The number of aldehydes is 1. The third-order valence-electron chi connectivity index (χ3n) is 12.2. The highest BCUT2D eigenvalue weighted by molar-refractivity contribution is 5.57. The lowest BCUT2D eigenvalue weighted by molar-refractivity contribution is -0.121. The number of hydrogen-bond acceptors (Lipinski definition) is 2. The largest absolute Gasteiger partial charge is 0.393 e. The van der Waals surface area contributed by atoms with Gasteiger partial charge in [-0.2, -0.15) is 0 Å². The number of rotatable bonds is 7. The second kappa shape index (κ2) is 9.18. The zero-order valence-electron chi connectivity index (χ0n) is 23.8. The summed E-state index contributed by atoms with van der Waals surface area (Å²) >= 11 is 0. The van der Waals surface area contributed by atoms with Gasteiger partial charge >= 0.3 is 0 Å². The summed E-state index contributed by atoms with van der Waals surface area (Å²) < 4.78 is 0. The first kappa shape index (κ1) is 26.7. The third-order valence-corrected chi connectivity index (χ3v) is 12.2. The lowest BCUT2D eigenvalue weighted by atomic mass is 9.52. The van der Waals surface area contributed by atoms with Crippen molar-refractivity contribution in [2.75, 3.05) is 0 Å². The Kier molecular flexibility index (Phi) is 7.21. The molecule has 0 aromatic carbocycles. The zero-order valence-corrected chi connectivity index (χ0v) is 23.8. The summed E-state index contributed by atoms with van der Waals surface area (Å²) in [6.07, 6.45) is 15.1. The number of carbonyl (C=O) groups is 1. The SMILES string of the molecule is CC(C)(C=O)CC(O)C(C)(C)C(C1CCC2CCC(C)(C)C2C1)C1CCC2CCC(C)(C)C2C1. The molecule has 0 saturated heterocycles. The Bertz CT molecular complexity index is 689. The summed E-state index contributed by atoms with van der Waals surface area (Å²) in [5, 5.41) is 11.7. The van der Waals surface area contributed by atoms with Gasteiger partial charge in [-0.25, -0.2) is 0 Å². The van der Waals surface area contributed by atoms with Gasteiger partial charge in [-0.3, -0.25) is 0 Å². The van der Waals surface area contributed by atoms with E-state index in [0.29, 0.717) is 35.0 Å². The highest BCUT2D eigenvalue weighted by Gasteiger charge is 2.54. The summed E-state index contributed by atoms with van der Waals surface area (Å²) in [5.74, 6) is 5.55. The van der Waals surface area contributed by atoms with Crippen molar-refractivity contribution in [1.29, 1.82) is 0 Å². The van der Waals surface area contributed by atoms with Crippen molar-refractivity contribution in [2.24, 2.45) is 63.1 Å². The maximum atomic E-state index is 11.7. The lowest BCUT2D eigenvalue weighted by Crippen LogP contribution is -2.49. The summed E-state index contributed by atoms with van der Waals surface area (Å²) in [4.78, 5) is 11.7. The van der Waals surface area contributed by atoms with Gasteiger partial charge in [-0.1, -0.05) is 55.4 Å². The molecule has 2 nitrogen and oxygen atoms in total. The third kappa shape index (κ3) is 4.92. The van der Waals surface area contributed by atoms with Gasteiger partial charge in [-0.05, 0) is 128 Å². The monoisotopic (exact) mass is 472 g/mol. The first-order valence-corrected chi connectivity index (χ1v) is 14.8. The molecule has 4 rings (SSSR count). The van der Waals surface area contributed by atoms with Crippen LogP contribution in [0.4, 0.5) is 0 Å². The predicted octanol–water partition coefficient (Wildman–Crippen LogP) is 8.31. The van der Waals surface area contributed by atoms with Crippen LogP contribution in [-0.4, -0.2) is 17.5 Å². The topological polar surface area (TPSA) is 37.3 Å². The Morgan fingerprint density at radius 1 is 0.794 bits per heavy atom. The predicted molar refractivity (Wildman–Crippen MR) is 142 cm³/mol. The van der Waals surface area contributed by atoms with E-state index in [0.717, 1.165) is 30.0 Å². The number of hydrogen-bond donors (Lipinski definition) is 1. The fraction of sp³-hybridized carbons (Fsp3) is 0.969. The van der Waals surface area contributed by atoms with Gasteiger partial charge in [0.15, 0.2) is 0 Å². The van der Waals surface area contributed by atoms with Crippen LogP contribution in [0.1, 0.15) is 126 Å². The normalized spacial score (nSPS) is 39.2. The van der Waals surface area contributed by atoms with Crippen LogP contribution in [0.3, 0.4) is 0 Å². The van der Waals surface area contributed by atoms with Crippen LogP contribution in [0.2, 0.25) is 0 Å². The molecule has 0 radical (unpaired) electrons. The van der Waals surface area contributed by atoms with E-state index < -0.39 is 11.5 Å². The molecule has 0 aliphatic heterocycles. The highest BCUT2D eigenvalue weighted by atomic mass is 16.3. The molecule has 4 saturated carbocycles. The number of fused-ring (bicyclic) bond motifs is 2. The number of carbonyl (C=O) groups excluding carboxylic acids is 1. The van der Waals surface area contributed by atoms with Crippen molar-refractivity contribution in [3.05, 3.63) is 0 Å². The van der Waals surface area contributed by atoms with E-state index in [-0.39, 0.29) is 5.41 Å². The number of aliphatic hydroxyl groups is 1. The van der Waals surface area contributed by atoms with Crippen molar-refractivity contribution in [3.8, 4) is 0 Å². The Labute approximate surface area is 211 Å². The average molecular weight is 473 g/mol. The van der Waals surface area contributed by atoms with E-state index in [1.165, 1.54) is 64.2 Å². The van der Waals surface area contributed by atoms with Crippen molar-refractivity contribution in [3.63, 3.8) is 0 Å². The zero-order chi connectivity index (χ0) is 25.1. The van der Waals surface area contributed by atoms with E-state index in [1.54, 1.807) is 0 Å². The van der Waals surface area contributed by atoms with Crippen LogP contribution in [0.15, 0.2) is 0 Å². The fourth-order valence-electron chi connectivity index (χ4n) is 9.91. The highest BCUT2D eigenvalue weighted by Crippen LogP contribution is 2.62. The summed E-state index contributed by atoms with van der Waals surface area (Å²) in [5.41, 5.74) is 0.320. The molecule has 7 unspecified atom stereocenters. The maximum absolute atomic E-state index is 11.7. The van der Waals surface area contributed by atoms with Crippen molar-refractivity contribution < 1.29 is 9.90 Å². The van der Waals surface area contributed by atoms with E-state index in [2.05, 4.69) is 41.5 Å². The molecular weight excluding hydrogens is 416 g/mol. The molecular formula is C32H56O2. The van der Waals surface area contributed by atoms with Gasteiger partial charge in [-0.15, -0.1) is 0 Å². The minimum atomic E-state index is -0.461. The maximum Gasteiger partial charge on any atom is 0.125 e. The molecule has 0 heterocycles. The van der Waals surface area contributed by atoms with Gasteiger partial charge < -0.3 is 9.90 Å². The molecule has 0 spiro atoms. The minimum absolute atomic E-state index is 0.166. The molecule has 0 aromatic heterocycles. The second-order valence-electron chi connectivity index (χ2n) is 16.1. The summed E-state index contributed by atoms with van der Waals surface area (Å²) in [6, 6.07) is 0. The van der Waals surface area contributed by atoms with Gasteiger partial charge in [0.05, 0.1) is 6.10 Å². The van der Waals surface area contributed by atoms with Crippen LogP contribution >= 0.6 is 0 Å². The van der Waals surface area contributed by atoms with Crippen LogP contribution in [0.25, 0.3) is 0 Å². The first-order chi connectivity index (χ1) is 15.7. The van der Waals surface area contributed by atoms with Crippen LogP contribution < -0.4 is 0 Å². The van der Waals surface area contributed by atoms with Crippen molar-refractivity contribution in [2.45, 2.75) is 132 Å². The Hall–Kier alpha value is -0.370. The van der Waals surface area contributed by atoms with Crippen molar-refractivity contribution >= 4 is 6.29 Å². The second-order valence-corrected chi connectivity index (χ2v) is 16.1. The van der Waals surface area contributed by atoms with E-state index >= 15 is 0 Å². The van der Waals surface area contributed by atoms with Gasteiger partial charge in [0.2, 0.25) is 0 Å². The Morgan fingerprint density at radius 2 is 1.24 bits per heavy atom. The van der Waals surface area contributed by atoms with Crippen molar-refractivity contribution in [1.82, 2.24) is 0 Å². The summed E-state index contributed by atoms with van der Waals surface area (Å²) in [7, 11) is 0. The molecule has 196 valence electrons. The Morgan fingerprint density at radius 3 is 1.65 bits per heavy atom. The van der Waals surface area contributed by atoms with E-state index in [4.69, 9.17) is 0 Å². The molecule has 4 fully saturated rings. The molecule has 7 atom stereocenters. The van der Waals surface area contributed by atoms with Crippen LogP contribution in [-0.2, 0) is 4.79 Å². The van der Waals surface area contributed by atoms with Crippen LogP contribution in [0, 0.1) is 63.1 Å². The minimum Gasteiger partial charge on any atom is -0.393 e. The standard InChI is InChI=1S/C32H56O2/c1-29(2,20-33)19-27(34)32(7,8)28(23-11-9-21-13-15-30(3,4)25(21)17-23)24-12-10-22-14-16-31(5,6)26(22)18-24/h20-28,34H,9-19H2,1-8H3. The van der Waals surface area contributed by atoms with Gasteiger partial charge in [0.1, 0.15) is 6.29 Å². The molecule has 34 heavy (non-hydrogen) atoms. The molecule has 4 aliphatic carbocycles. The number of aliphatic hydroxyl groups excluding tert-OH is 1. The fourth-order valence-corrected chi connectivity index (χ4v) is 9.91. The van der Waals surface area contributed by atoms with E-state index in [1.807, 2.05) is 13.8 Å². The molecule has 2 heteroatoms.